The zero-order chi connectivity index (χ0) is 18.6. The van der Waals surface area contributed by atoms with E-state index in [1.54, 1.807) is 6.92 Å². The highest BCUT2D eigenvalue weighted by Gasteiger charge is 2.23. The largest absolute Gasteiger partial charge is 0.441 e. The van der Waals surface area contributed by atoms with Crippen LogP contribution in [0.25, 0.3) is 11.5 Å². The molecule has 0 fully saturated rings. The van der Waals surface area contributed by atoms with Crippen molar-refractivity contribution < 1.29 is 17.6 Å². The van der Waals surface area contributed by atoms with Gasteiger partial charge in [-0.1, -0.05) is 25.1 Å². The second-order valence-electron chi connectivity index (χ2n) is 6.25. The molecule has 0 aliphatic carbocycles. The van der Waals surface area contributed by atoms with Gasteiger partial charge in [0.2, 0.25) is 11.8 Å². The maximum atomic E-state index is 12.3. The van der Waals surface area contributed by atoms with Gasteiger partial charge in [0.05, 0.1) is 11.4 Å². The van der Waals surface area contributed by atoms with E-state index in [0.29, 0.717) is 17.3 Å². The van der Waals surface area contributed by atoms with Crippen LogP contribution in [0.5, 0.6) is 0 Å². The molecule has 1 aromatic heterocycles. The Kier molecular flexibility index (Phi) is 6.00. The predicted octanol–water partition coefficient (Wildman–Crippen LogP) is 2.79. The Hall–Kier alpha value is -2.15. The fourth-order valence-corrected chi connectivity index (χ4v) is 3.64. The molecule has 25 heavy (non-hydrogen) atoms. The minimum atomic E-state index is -3.62. The molecule has 136 valence electrons. The van der Waals surface area contributed by atoms with Gasteiger partial charge in [0.25, 0.3) is 0 Å². The lowest BCUT2D eigenvalue weighted by molar-refractivity contribution is -0.119. The minimum absolute atomic E-state index is 0.0517. The number of hydrogen-bond acceptors (Lipinski definition) is 5. The van der Waals surface area contributed by atoms with Gasteiger partial charge < -0.3 is 9.73 Å². The fraction of sp³-hybridized carbons (Fsp3) is 0.444. The number of sulfone groups is 1. The van der Waals surface area contributed by atoms with Crippen LogP contribution in [-0.4, -0.2) is 31.1 Å². The van der Waals surface area contributed by atoms with E-state index in [1.165, 1.54) is 0 Å². The first-order valence-corrected chi connectivity index (χ1v) is 10.1. The van der Waals surface area contributed by atoms with E-state index in [1.807, 2.05) is 45.0 Å². The topological polar surface area (TPSA) is 89.3 Å². The summed E-state index contributed by atoms with van der Waals surface area (Å²) in [5.74, 6) is -0.519. The number of carbonyl (C=O) groups is 1. The van der Waals surface area contributed by atoms with Gasteiger partial charge in [-0.25, -0.2) is 13.4 Å². The first-order chi connectivity index (χ1) is 11.7. The van der Waals surface area contributed by atoms with Crippen LogP contribution in [-0.2, 0) is 20.4 Å². The maximum absolute atomic E-state index is 12.3. The molecule has 0 saturated heterocycles. The summed E-state index contributed by atoms with van der Waals surface area (Å²) in [6.45, 7) is 7.37. The Morgan fingerprint density at radius 2 is 1.96 bits per heavy atom. The van der Waals surface area contributed by atoms with Gasteiger partial charge in [0.15, 0.2) is 9.84 Å². The zero-order valence-electron chi connectivity index (χ0n) is 15.0. The average Bonchev–Trinajstić information content (AvgIpc) is 2.86. The third-order valence-corrected chi connectivity index (χ3v) is 5.41. The molecule has 2 aromatic rings. The SMILES string of the molecule is CC[C@@H](C)NC(=O)CS(=O)(=O)Cc1nc(-c2ccccc2C)oc1C. The number of oxazole rings is 1. The van der Waals surface area contributed by atoms with Gasteiger partial charge in [-0.15, -0.1) is 0 Å². The molecular formula is C18H24N2O4S. The van der Waals surface area contributed by atoms with E-state index >= 15 is 0 Å². The second-order valence-corrected chi connectivity index (χ2v) is 8.31. The van der Waals surface area contributed by atoms with Crippen LogP contribution in [0, 0.1) is 13.8 Å². The molecule has 0 aliphatic rings. The zero-order valence-corrected chi connectivity index (χ0v) is 15.8. The molecule has 7 heteroatoms. The van der Waals surface area contributed by atoms with Crippen molar-refractivity contribution in [3.05, 3.63) is 41.3 Å². The number of carbonyl (C=O) groups excluding carboxylic acids is 1. The number of aromatic nitrogens is 1. The van der Waals surface area contributed by atoms with E-state index in [2.05, 4.69) is 10.3 Å². The Morgan fingerprint density at radius 1 is 1.28 bits per heavy atom. The number of aryl methyl sites for hydroxylation is 2. The number of hydrogen-bond donors (Lipinski definition) is 1. The van der Waals surface area contributed by atoms with E-state index in [-0.39, 0.29) is 11.8 Å². The molecule has 0 radical (unpaired) electrons. The van der Waals surface area contributed by atoms with Crippen LogP contribution in [0.1, 0.15) is 37.3 Å². The van der Waals surface area contributed by atoms with Crippen molar-refractivity contribution in [1.82, 2.24) is 10.3 Å². The van der Waals surface area contributed by atoms with E-state index < -0.39 is 21.5 Å². The van der Waals surface area contributed by atoms with Crippen LogP contribution >= 0.6 is 0 Å². The molecule has 0 spiro atoms. The Bertz CT molecular complexity index is 856. The van der Waals surface area contributed by atoms with Crippen molar-refractivity contribution in [2.24, 2.45) is 0 Å². The first kappa shape index (κ1) is 19.2. The summed E-state index contributed by atoms with van der Waals surface area (Å²) in [6, 6.07) is 7.54. The van der Waals surface area contributed by atoms with E-state index in [0.717, 1.165) is 17.5 Å². The molecule has 6 nitrogen and oxygen atoms in total. The lowest BCUT2D eigenvalue weighted by Crippen LogP contribution is -2.36. The molecule has 1 amide bonds. The monoisotopic (exact) mass is 364 g/mol. The molecule has 2 rings (SSSR count). The Labute approximate surface area is 148 Å². The van der Waals surface area contributed by atoms with Crippen LogP contribution < -0.4 is 5.32 Å². The van der Waals surface area contributed by atoms with Crippen LogP contribution in [0.15, 0.2) is 28.7 Å². The molecule has 0 aliphatic heterocycles. The van der Waals surface area contributed by atoms with Gasteiger partial charge in [0.1, 0.15) is 11.5 Å². The Morgan fingerprint density at radius 3 is 2.60 bits per heavy atom. The van der Waals surface area contributed by atoms with Gasteiger partial charge in [-0.2, -0.15) is 0 Å². The van der Waals surface area contributed by atoms with Gasteiger partial charge in [-0.3, -0.25) is 4.79 Å². The van der Waals surface area contributed by atoms with Crippen LogP contribution in [0.2, 0.25) is 0 Å². The van der Waals surface area contributed by atoms with Crippen molar-refractivity contribution >= 4 is 15.7 Å². The molecule has 1 heterocycles. The highest BCUT2D eigenvalue weighted by atomic mass is 32.2. The predicted molar refractivity (Wildman–Crippen MR) is 96.8 cm³/mol. The quantitative estimate of drug-likeness (QED) is 0.816. The number of amides is 1. The van der Waals surface area contributed by atoms with Crippen molar-refractivity contribution in [3.63, 3.8) is 0 Å². The third-order valence-electron chi connectivity index (χ3n) is 4.00. The number of benzene rings is 1. The highest BCUT2D eigenvalue weighted by molar-refractivity contribution is 7.91. The smallest absolute Gasteiger partial charge is 0.235 e. The summed E-state index contributed by atoms with van der Waals surface area (Å²) in [4.78, 5) is 16.2. The lowest BCUT2D eigenvalue weighted by atomic mass is 10.1. The molecule has 1 atom stereocenters. The minimum Gasteiger partial charge on any atom is -0.441 e. The summed E-state index contributed by atoms with van der Waals surface area (Å²) in [5, 5.41) is 2.66. The summed E-state index contributed by atoms with van der Waals surface area (Å²) in [7, 11) is -3.62. The molecule has 0 unspecified atom stereocenters. The third kappa shape index (κ3) is 5.16. The van der Waals surface area contributed by atoms with E-state index in [4.69, 9.17) is 4.42 Å². The number of nitrogens with zero attached hydrogens (tertiary/aromatic N) is 1. The van der Waals surface area contributed by atoms with Crippen molar-refractivity contribution in [2.45, 2.75) is 45.9 Å². The molecule has 0 bridgehead atoms. The lowest BCUT2D eigenvalue weighted by Gasteiger charge is -2.11. The summed E-state index contributed by atoms with van der Waals surface area (Å²) >= 11 is 0. The molecular weight excluding hydrogens is 340 g/mol. The fourth-order valence-electron chi connectivity index (χ4n) is 2.37. The molecule has 1 aromatic carbocycles. The Balaban J connectivity index is 2.15. The van der Waals surface area contributed by atoms with Crippen molar-refractivity contribution in [1.29, 1.82) is 0 Å². The first-order valence-electron chi connectivity index (χ1n) is 8.24. The van der Waals surface area contributed by atoms with Crippen molar-refractivity contribution in [2.75, 3.05) is 5.75 Å². The summed E-state index contributed by atoms with van der Waals surface area (Å²) < 4.78 is 30.2. The molecule has 1 N–H and O–H groups in total. The van der Waals surface area contributed by atoms with Gasteiger partial charge in [-0.05, 0) is 38.8 Å². The van der Waals surface area contributed by atoms with Crippen molar-refractivity contribution in [3.8, 4) is 11.5 Å². The van der Waals surface area contributed by atoms with Crippen LogP contribution in [0.4, 0.5) is 0 Å². The summed E-state index contributed by atoms with van der Waals surface area (Å²) in [5.41, 5.74) is 2.16. The van der Waals surface area contributed by atoms with Gasteiger partial charge >= 0.3 is 0 Å². The van der Waals surface area contributed by atoms with Gasteiger partial charge in [0, 0.05) is 11.6 Å². The number of rotatable bonds is 7. The van der Waals surface area contributed by atoms with Crippen LogP contribution in [0.3, 0.4) is 0 Å². The standard InChI is InChI=1S/C18H24N2O4S/c1-5-13(3)19-17(21)11-25(22,23)10-16-14(4)24-18(20-16)15-9-7-6-8-12(15)2/h6-9,13H,5,10-11H2,1-4H3,(H,19,21)/t13-/m1/s1. The normalized spacial score (nSPS) is 12.8. The highest BCUT2D eigenvalue weighted by Crippen LogP contribution is 2.25. The molecule has 0 saturated carbocycles. The second kappa shape index (κ2) is 7.82. The summed E-state index contributed by atoms with van der Waals surface area (Å²) in [6.07, 6.45) is 0.744. The van der Waals surface area contributed by atoms with E-state index in [9.17, 15) is 13.2 Å². The maximum Gasteiger partial charge on any atom is 0.235 e. The number of nitrogens with one attached hydrogen (secondary N) is 1. The average molecular weight is 364 g/mol.